The average molecular weight is 514 g/mol. The number of likely N-dealkylation sites (tertiary alicyclic amines) is 2. The van der Waals surface area contributed by atoms with Crippen LogP contribution in [-0.2, 0) is 33.9 Å². The van der Waals surface area contributed by atoms with Gasteiger partial charge in [-0.05, 0) is 11.8 Å². The van der Waals surface area contributed by atoms with Crippen LogP contribution in [-0.4, -0.2) is 95.1 Å². The van der Waals surface area contributed by atoms with E-state index in [1.54, 1.807) is 18.9 Å². The van der Waals surface area contributed by atoms with E-state index in [9.17, 15) is 14.5 Å². The number of nitroso groups, excluding NO2 is 1. The molecule has 0 spiro atoms. The molecule has 0 saturated carbocycles. The molecule has 11 nitrogen and oxygen atoms in total. The fourth-order valence-electron chi connectivity index (χ4n) is 4.58. The molecule has 0 aromatic heterocycles. The molecule has 4 unspecified atom stereocenters. The van der Waals surface area contributed by atoms with Crippen molar-refractivity contribution in [2.75, 3.05) is 52.4 Å². The van der Waals surface area contributed by atoms with Crippen molar-refractivity contribution in [1.29, 1.82) is 0 Å². The molecular weight excluding hydrogens is 481 g/mol. The van der Waals surface area contributed by atoms with Crippen LogP contribution >= 0.6 is 12.4 Å². The van der Waals surface area contributed by atoms with E-state index >= 15 is 0 Å². The summed E-state index contributed by atoms with van der Waals surface area (Å²) in [6, 6.07) is 0. The number of carboxylic acid groups (broad SMARTS) is 1. The minimum Gasteiger partial charge on any atom is -0.481 e. The minimum absolute atomic E-state index is 0. The fraction of sp³-hybridized carbons (Fsp3) is 0.833. The first-order valence-electron chi connectivity index (χ1n) is 9.89. The molecule has 0 aromatic rings. The number of carboxylic acids is 1. The van der Waals surface area contributed by atoms with Gasteiger partial charge in [-0.2, -0.15) is 0 Å². The number of hydrogen-bond acceptors (Lipinski definition) is 7. The molecule has 2 amide bonds. The molecule has 0 radical (unpaired) electrons. The molecule has 13 heteroatoms. The number of aliphatic carboxylic acids is 1. The van der Waals surface area contributed by atoms with Crippen LogP contribution in [0, 0.1) is 28.6 Å². The van der Waals surface area contributed by atoms with Crippen LogP contribution in [0.3, 0.4) is 0 Å². The standard InChI is InChI=1S/C8H13N3O2.C8H15N3O.C2H4O2.ClH.Zn/c1-6(12)10-2-7-4-11(9-13)5-8(7)3-10;1-6(12)10-2-7-4-11(9)5-8(7)3-10;1-2(3)4;;/h7-8H,2-5H2,1H3;7-8H,2-5,9H2,1H3;1H3,(H,3,4);1H;. The Morgan fingerprint density at radius 3 is 1.32 bits per heavy atom. The summed E-state index contributed by atoms with van der Waals surface area (Å²) < 4.78 is 0. The quantitative estimate of drug-likeness (QED) is 0.280. The van der Waals surface area contributed by atoms with Gasteiger partial charge in [0, 0.05) is 104 Å². The first-order chi connectivity index (χ1) is 13.6. The normalized spacial score (nSPS) is 28.1. The third kappa shape index (κ3) is 8.59. The number of rotatable bonds is 1. The first kappa shape index (κ1) is 29.6. The van der Waals surface area contributed by atoms with Crippen LogP contribution in [0.4, 0.5) is 0 Å². The molecular formula is C18H33ClN6O5Zn. The number of halogens is 1. The molecule has 4 rings (SSSR count). The van der Waals surface area contributed by atoms with Crippen molar-refractivity contribution >= 4 is 30.2 Å². The van der Waals surface area contributed by atoms with Gasteiger partial charge in [-0.3, -0.25) is 25.2 Å². The molecule has 174 valence electrons. The van der Waals surface area contributed by atoms with Gasteiger partial charge in [0.05, 0.1) is 5.29 Å². The fourth-order valence-corrected chi connectivity index (χ4v) is 4.58. The molecule has 4 atom stereocenters. The Labute approximate surface area is 201 Å². The van der Waals surface area contributed by atoms with Crippen molar-refractivity contribution < 1.29 is 39.0 Å². The van der Waals surface area contributed by atoms with E-state index in [4.69, 9.17) is 15.7 Å². The van der Waals surface area contributed by atoms with Crippen LogP contribution in [0.5, 0.6) is 0 Å². The second kappa shape index (κ2) is 13.3. The van der Waals surface area contributed by atoms with E-state index in [0.717, 1.165) is 59.3 Å². The Morgan fingerprint density at radius 1 is 0.774 bits per heavy atom. The van der Waals surface area contributed by atoms with Crippen LogP contribution in [0.2, 0.25) is 0 Å². The largest absolute Gasteiger partial charge is 0.481 e. The van der Waals surface area contributed by atoms with Gasteiger partial charge in [0.15, 0.2) is 0 Å². The summed E-state index contributed by atoms with van der Waals surface area (Å²) in [5, 5.41) is 13.8. The molecule has 0 bridgehead atoms. The minimum atomic E-state index is -0.833. The Morgan fingerprint density at radius 2 is 1.06 bits per heavy atom. The van der Waals surface area contributed by atoms with Crippen molar-refractivity contribution in [3.05, 3.63) is 4.91 Å². The number of hydrazine groups is 1. The smallest absolute Gasteiger partial charge is 0.300 e. The number of fused-ring (bicyclic) bond motifs is 2. The summed E-state index contributed by atoms with van der Waals surface area (Å²) in [5.41, 5.74) is 0. The second-order valence-corrected chi connectivity index (χ2v) is 8.31. The SMILES string of the molecule is CC(=O)N1CC2CN(N)CC2C1.CC(=O)N1CC2CN(N=O)CC2C1.CC(=O)O.Cl.[Zn]. The first-order valence-corrected chi connectivity index (χ1v) is 9.89. The maximum atomic E-state index is 11.1. The Balaban J connectivity index is 0.000000472. The van der Waals surface area contributed by atoms with Crippen LogP contribution in [0.25, 0.3) is 0 Å². The van der Waals surface area contributed by atoms with E-state index < -0.39 is 5.97 Å². The van der Waals surface area contributed by atoms with Gasteiger partial charge < -0.3 is 14.9 Å². The van der Waals surface area contributed by atoms with E-state index in [2.05, 4.69) is 5.29 Å². The van der Waals surface area contributed by atoms with Crippen molar-refractivity contribution in [1.82, 2.24) is 19.8 Å². The van der Waals surface area contributed by atoms with Gasteiger partial charge >= 0.3 is 0 Å². The Kier molecular flexibility index (Phi) is 12.7. The third-order valence-electron chi connectivity index (χ3n) is 5.99. The summed E-state index contributed by atoms with van der Waals surface area (Å²) >= 11 is 0. The van der Waals surface area contributed by atoms with Gasteiger partial charge in [-0.25, -0.2) is 5.01 Å². The Bertz CT molecular complexity index is 613. The second-order valence-electron chi connectivity index (χ2n) is 8.31. The van der Waals surface area contributed by atoms with Crippen molar-refractivity contribution in [2.45, 2.75) is 20.8 Å². The summed E-state index contributed by atoms with van der Waals surface area (Å²) in [4.78, 5) is 45.1. The number of hydrogen-bond donors (Lipinski definition) is 2. The predicted octanol–water partition coefficient (Wildman–Crippen LogP) is -0.142. The van der Waals surface area contributed by atoms with E-state index in [1.807, 2.05) is 14.8 Å². The number of carbonyl (C=O) groups excluding carboxylic acids is 2. The molecule has 31 heavy (non-hydrogen) atoms. The molecule has 4 aliphatic rings. The van der Waals surface area contributed by atoms with Crippen molar-refractivity contribution in [3.8, 4) is 0 Å². The van der Waals surface area contributed by atoms with Crippen LogP contribution in [0.15, 0.2) is 5.29 Å². The number of amides is 2. The van der Waals surface area contributed by atoms with Crippen molar-refractivity contribution in [3.63, 3.8) is 0 Å². The Hall–Kier alpha value is -1.36. The molecule has 4 aliphatic heterocycles. The van der Waals surface area contributed by atoms with Crippen LogP contribution < -0.4 is 5.84 Å². The topological polar surface area (TPSA) is 140 Å². The van der Waals surface area contributed by atoms with E-state index in [1.165, 1.54) is 0 Å². The van der Waals surface area contributed by atoms with E-state index in [0.29, 0.717) is 23.7 Å². The van der Waals surface area contributed by atoms with Crippen LogP contribution in [0.1, 0.15) is 20.8 Å². The van der Waals surface area contributed by atoms with Gasteiger partial charge in [0.2, 0.25) is 11.8 Å². The summed E-state index contributed by atoms with van der Waals surface area (Å²) in [6.45, 7) is 11.1. The molecule has 3 N–H and O–H groups in total. The molecule has 0 aliphatic carbocycles. The van der Waals surface area contributed by atoms with Gasteiger partial charge in [0.1, 0.15) is 0 Å². The number of nitrogens with zero attached hydrogens (tertiary/aromatic N) is 5. The molecule has 0 aromatic carbocycles. The summed E-state index contributed by atoms with van der Waals surface area (Å²) in [5.74, 6) is 7.35. The number of carbonyl (C=O) groups is 3. The predicted molar refractivity (Wildman–Crippen MR) is 112 cm³/mol. The maximum Gasteiger partial charge on any atom is 0.300 e. The summed E-state index contributed by atoms with van der Waals surface area (Å²) in [7, 11) is 0. The van der Waals surface area contributed by atoms with Crippen molar-refractivity contribution in [2.24, 2.45) is 34.8 Å². The van der Waals surface area contributed by atoms with Gasteiger partial charge in [-0.1, -0.05) is 0 Å². The maximum absolute atomic E-state index is 11.1. The zero-order chi connectivity index (χ0) is 21.7. The van der Waals surface area contributed by atoms with E-state index in [-0.39, 0.29) is 43.7 Å². The molecule has 4 fully saturated rings. The number of nitrogens with two attached hydrogens (primary N) is 1. The summed E-state index contributed by atoms with van der Waals surface area (Å²) in [6.07, 6.45) is 0. The monoisotopic (exact) mass is 512 g/mol. The molecule has 4 saturated heterocycles. The third-order valence-corrected chi connectivity index (χ3v) is 5.99. The van der Waals surface area contributed by atoms with Gasteiger partial charge in [0.25, 0.3) is 5.97 Å². The van der Waals surface area contributed by atoms with Gasteiger partial charge in [-0.15, -0.1) is 17.3 Å². The average Bonchev–Trinajstić information content (AvgIpc) is 3.31. The zero-order valence-electron chi connectivity index (χ0n) is 18.5. The zero-order valence-corrected chi connectivity index (χ0v) is 22.3. The molecule has 4 heterocycles.